The van der Waals surface area contributed by atoms with Gasteiger partial charge in [-0.05, 0) is 73.2 Å². The van der Waals surface area contributed by atoms with E-state index in [4.69, 9.17) is 9.47 Å². The molecule has 0 aromatic heterocycles. The number of carbonyl (C=O) groups excluding carboxylic acids is 2. The van der Waals surface area contributed by atoms with Crippen molar-refractivity contribution < 1.29 is 19.1 Å². The second-order valence-corrected chi connectivity index (χ2v) is 8.08. The SMILES string of the molecule is CCOc1cc(/C=N\NC(=O)c2cccc(Br)c2)ccc1OC(=O)c1ccc(Br)cc1. The van der Waals surface area contributed by atoms with Crippen molar-refractivity contribution in [1.29, 1.82) is 0 Å². The van der Waals surface area contributed by atoms with Crippen LogP contribution in [-0.2, 0) is 0 Å². The molecule has 0 unspecified atom stereocenters. The van der Waals surface area contributed by atoms with Gasteiger partial charge in [-0.1, -0.05) is 37.9 Å². The molecule has 3 aromatic rings. The minimum absolute atomic E-state index is 0.296. The van der Waals surface area contributed by atoms with E-state index < -0.39 is 5.97 Å². The summed E-state index contributed by atoms with van der Waals surface area (Å²) in [4.78, 5) is 24.6. The van der Waals surface area contributed by atoms with Gasteiger partial charge in [-0.2, -0.15) is 5.10 Å². The Morgan fingerprint density at radius 1 is 0.935 bits per heavy atom. The molecule has 1 N–H and O–H groups in total. The van der Waals surface area contributed by atoms with Crippen LogP contribution >= 0.6 is 31.9 Å². The number of esters is 1. The van der Waals surface area contributed by atoms with E-state index in [0.29, 0.717) is 34.8 Å². The summed E-state index contributed by atoms with van der Waals surface area (Å²) >= 11 is 6.66. The van der Waals surface area contributed by atoms with Gasteiger partial charge in [0.25, 0.3) is 5.91 Å². The van der Waals surface area contributed by atoms with Gasteiger partial charge in [0.1, 0.15) is 0 Å². The van der Waals surface area contributed by atoms with Crippen molar-refractivity contribution >= 4 is 50.0 Å². The number of ether oxygens (including phenoxy) is 2. The van der Waals surface area contributed by atoms with E-state index >= 15 is 0 Å². The Balaban J connectivity index is 1.70. The van der Waals surface area contributed by atoms with Crippen LogP contribution in [0.5, 0.6) is 11.5 Å². The maximum absolute atomic E-state index is 12.4. The van der Waals surface area contributed by atoms with E-state index in [9.17, 15) is 9.59 Å². The molecule has 0 aliphatic heterocycles. The number of hydrogen-bond donors (Lipinski definition) is 1. The predicted molar refractivity (Wildman–Crippen MR) is 126 cm³/mol. The van der Waals surface area contributed by atoms with Crippen molar-refractivity contribution in [3.05, 3.63) is 92.4 Å². The lowest BCUT2D eigenvalue weighted by molar-refractivity contribution is 0.0728. The second-order valence-electron chi connectivity index (χ2n) is 6.25. The molecule has 0 aliphatic rings. The molecule has 6 nitrogen and oxygen atoms in total. The van der Waals surface area contributed by atoms with Gasteiger partial charge in [0.2, 0.25) is 0 Å². The number of amides is 1. The molecule has 0 spiro atoms. The quantitative estimate of drug-likeness (QED) is 0.182. The molecule has 0 saturated carbocycles. The number of rotatable bonds is 7. The van der Waals surface area contributed by atoms with E-state index in [2.05, 4.69) is 42.4 Å². The summed E-state index contributed by atoms with van der Waals surface area (Å²) in [6, 6.07) is 18.9. The lowest BCUT2D eigenvalue weighted by Crippen LogP contribution is -2.17. The Morgan fingerprint density at radius 2 is 1.71 bits per heavy atom. The van der Waals surface area contributed by atoms with E-state index in [-0.39, 0.29) is 5.91 Å². The molecule has 0 fully saturated rings. The average molecular weight is 546 g/mol. The summed E-state index contributed by atoms with van der Waals surface area (Å²) in [5, 5.41) is 3.99. The van der Waals surface area contributed by atoms with E-state index in [0.717, 1.165) is 8.95 Å². The first kappa shape index (κ1) is 22.7. The van der Waals surface area contributed by atoms with E-state index in [1.807, 2.05) is 13.0 Å². The van der Waals surface area contributed by atoms with Gasteiger partial charge in [0.05, 0.1) is 18.4 Å². The highest BCUT2D eigenvalue weighted by atomic mass is 79.9. The summed E-state index contributed by atoms with van der Waals surface area (Å²) in [5.74, 6) is -0.126. The highest BCUT2D eigenvalue weighted by molar-refractivity contribution is 9.10. The zero-order valence-corrected chi connectivity index (χ0v) is 19.6. The molecule has 1 amide bonds. The van der Waals surface area contributed by atoms with Gasteiger partial charge in [0, 0.05) is 14.5 Å². The topological polar surface area (TPSA) is 77.0 Å². The largest absolute Gasteiger partial charge is 0.490 e. The van der Waals surface area contributed by atoms with Crippen LogP contribution in [0, 0.1) is 0 Å². The van der Waals surface area contributed by atoms with Crippen LogP contribution in [0.3, 0.4) is 0 Å². The summed E-state index contributed by atoms with van der Waals surface area (Å²) in [6.07, 6.45) is 1.48. The first-order valence-corrected chi connectivity index (χ1v) is 10.9. The standard InChI is InChI=1S/C23H18Br2N2O4/c1-2-30-21-12-15(14-26-27-22(28)17-4-3-5-19(25)13-17)6-11-20(21)31-23(29)16-7-9-18(24)10-8-16/h3-14H,2H2,1H3,(H,27,28)/b26-14-. The number of halogens is 2. The maximum atomic E-state index is 12.4. The highest BCUT2D eigenvalue weighted by Crippen LogP contribution is 2.29. The molecule has 0 bridgehead atoms. The van der Waals surface area contributed by atoms with Crippen LogP contribution in [0.4, 0.5) is 0 Å². The van der Waals surface area contributed by atoms with Crippen molar-refractivity contribution in [2.45, 2.75) is 6.92 Å². The number of benzene rings is 3. The second kappa shape index (κ2) is 10.9. The van der Waals surface area contributed by atoms with Gasteiger partial charge in [0.15, 0.2) is 11.5 Å². The maximum Gasteiger partial charge on any atom is 0.343 e. The number of nitrogens with zero attached hydrogens (tertiary/aromatic N) is 1. The first-order chi connectivity index (χ1) is 15.0. The molecular formula is C23H18Br2N2O4. The third kappa shape index (κ3) is 6.50. The van der Waals surface area contributed by atoms with Crippen LogP contribution in [0.15, 0.2) is 80.8 Å². The van der Waals surface area contributed by atoms with Crippen LogP contribution < -0.4 is 14.9 Å². The molecule has 0 heterocycles. The van der Waals surface area contributed by atoms with Crippen LogP contribution in [-0.4, -0.2) is 24.7 Å². The van der Waals surface area contributed by atoms with Crippen molar-refractivity contribution in [3.8, 4) is 11.5 Å². The Labute approximate surface area is 196 Å². The minimum atomic E-state index is -0.490. The predicted octanol–water partition coefficient (Wildman–Crippen LogP) is 5.59. The molecule has 158 valence electrons. The fraction of sp³-hybridized carbons (Fsp3) is 0.0870. The Kier molecular flexibility index (Phi) is 7.97. The number of hydrazone groups is 1. The van der Waals surface area contributed by atoms with E-state index in [1.54, 1.807) is 60.7 Å². The molecule has 31 heavy (non-hydrogen) atoms. The molecular weight excluding hydrogens is 528 g/mol. The number of hydrogen-bond acceptors (Lipinski definition) is 5. The lowest BCUT2D eigenvalue weighted by atomic mass is 10.2. The average Bonchev–Trinajstić information content (AvgIpc) is 2.76. The van der Waals surface area contributed by atoms with Gasteiger partial charge < -0.3 is 9.47 Å². The van der Waals surface area contributed by atoms with Gasteiger partial charge in [-0.15, -0.1) is 0 Å². The Hall–Kier alpha value is -2.97. The van der Waals surface area contributed by atoms with Crippen molar-refractivity contribution in [3.63, 3.8) is 0 Å². The zero-order chi connectivity index (χ0) is 22.2. The van der Waals surface area contributed by atoms with Gasteiger partial charge >= 0.3 is 5.97 Å². The fourth-order valence-electron chi connectivity index (χ4n) is 2.56. The van der Waals surface area contributed by atoms with E-state index in [1.165, 1.54) is 6.21 Å². The molecule has 0 radical (unpaired) electrons. The van der Waals surface area contributed by atoms with Crippen molar-refractivity contribution in [1.82, 2.24) is 5.43 Å². The highest BCUT2D eigenvalue weighted by Gasteiger charge is 2.13. The number of nitrogens with one attached hydrogen (secondary N) is 1. The summed E-state index contributed by atoms with van der Waals surface area (Å²) in [7, 11) is 0. The summed E-state index contributed by atoms with van der Waals surface area (Å²) < 4.78 is 12.8. The van der Waals surface area contributed by atoms with Gasteiger partial charge in [-0.25, -0.2) is 10.2 Å². The van der Waals surface area contributed by atoms with Crippen LogP contribution in [0.25, 0.3) is 0 Å². The Morgan fingerprint density at radius 3 is 2.42 bits per heavy atom. The minimum Gasteiger partial charge on any atom is -0.490 e. The van der Waals surface area contributed by atoms with Gasteiger partial charge in [-0.3, -0.25) is 4.79 Å². The monoisotopic (exact) mass is 544 g/mol. The molecule has 0 aliphatic carbocycles. The third-order valence-electron chi connectivity index (χ3n) is 4.02. The fourth-order valence-corrected chi connectivity index (χ4v) is 3.23. The molecule has 8 heteroatoms. The molecule has 0 atom stereocenters. The summed E-state index contributed by atoms with van der Waals surface area (Å²) in [6.45, 7) is 2.22. The van der Waals surface area contributed by atoms with Crippen LogP contribution in [0.2, 0.25) is 0 Å². The number of carbonyl (C=O) groups is 2. The summed E-state index contributed by atoms with van der Waals surface area (Å²) in [5.41, 5.74) is 4.05. The molecule has 0 saturated heterocycles. The first-order valence-electron chi connectivity index (χ1n) is 9.30. The van der Waals surface area contributed by atoms with Crippen molar-refractivity contribution in [2.75, 3.05) is 6.61 Å². The molecule has 3 aromatic carbocycles. The zero-order valence-electron chi connectivity index (χ0n) is 16.5. The van der Waals surface area contributed by atoms with Crippen molar-refractivity contribution in [2.24, 2.45) is 5.10 Å². The smallest absolute Gasteiger partial charge is 0.343 e. The third-order valence-corrected chi connectivity index (χ3v) is 5.04. The molecule has 3 rings (SSSR count). The lowest BCUT2D eigenvalue weighted by Gasteiger charge is -2.11. The van der Waals surface area contributed by atoms with Crippen LogP contribution in [0.1, 0.15) is 33.2 Å². The Bertz CT molecular complexity index is 1110. The normalized spacial score (nSPS) is 10.7.